The summed E-state index contributed by atoms with van der Waals surface area (Å²) in [5.74, 6) is -0.568. The van der Waals surface area contributed by atoms with Gasteiger partial charge < -0.3 is 14.5 Å². The van der Waals surface area contributed by atoms with E-state index in [-0.39, 0.29) is 30.8 Å². The first-order valence-electron chi connectivity index (χ1n) is 8.69. The average molecular weight is 374 g/mol. The van der Waals surface area contributed by atoms with Gasteiger partial charge in [-0.05, 0) is 50.6 Å². The molecule has 0 radical (unpaired) electrons. The Hall–Kier alpha value is -1.67. The number of rotatable bonds is 4. The van der Waals surface area contributed by atoms with Gasteiger partial charge in [0.05, 0.1) is 11.6 Å². The second kappa shape index (κ2) is 7.15. The van der Waals surface area contributed by atoms with Crippen LogP contribution in [0.25, 0.3) is 0 Å². The molecule has 0 bridgehead atoms. The van der Waals surface area contributed by atoms with Crippen molar-refractivity contribution in [2.75, 3.05) is 31.1 Å². The SMILES string of the molecule is C[C@@]12CN(CCCC(F)(F)F)CC[C@H]1N(c1ccc(F)cc1)C(=O)CO2. The average Bonchev–Trinajstić information content (AvgIpc) is 2.55. The molecule has 4 nitrogen and oxygen atoms in total. The number of likely N-dealkylation sites (tertiary alicyclic amines) is 1. The highest BCUT2D eigenvalue weighted by Gasteiger charge is 2.49. The van der Waals surface area contributed by atoms with Gasteiger partial charge in [-0.1, -0.05) is 0 Å². The van der Waals surface area contributed by atoms with Crippen LogP contribution in [0.1, 0.15) is 26.2 Å². The summed E-state index contributed by atoms with van der Waals surface area (Å²) in [6.45, 7) is 3.18. The molecule has 144 valence electrons. The number of hydrogen-bond donors (Lipinski definition) is 0. The third-order valence-electron chi connectivity index (χ3n) is 5.11. The summed E-state index contributed by atoms with van der Waals surface area (Å²) in [6, 6.07) is 5.51. The molecule has 8 heteroatoms. The molecule has 26 heavy (non-hydrogen) atoms. The minimum atomic E-state index is -4.14. The number of carbonyl (C=O) groups is 1. The smallest absolute Gasteiger partial charge is 0.362 e. The number of alkyl halides is 3. The van der Waals surface area contributed by atoms with Gasteiger partial charge in [0.2, 0.25) is 0 Å². The number of nitrogens with zero attached hydrogens (tertiary/aromatic N) is 2. The molecule has 0 saturated carbocycles. The fraction of sp³-hybridized carbons (Fsp3) is 0.611. The fourth-order valence-corrected chi connectivity index (χ4v) is 3.87. The highest BCUT2D eigenvalue weighted by atomic mass is 19.4. The first-order chi connectivity index (χ1) is 12.2. The summed E-state index contributed by atoms with van der Waals surface area (Å²) in [5, 5.41) is 0. The lowest BCUT2D eigenvalue weighted by Gasteiger charge is -2.53. The van der Waals surface area contributed by atoms with E-state index in [1.54, 1.807) is 17.0 Å². The van der Waals surface area contributed by atoms with E-state index in [9.17, 15) is 22.4 Å². The Balaban J connectivity index is 1.70. The molecule has 1 aromatic rings. The van der Waals surface area contributed by atoms with Gasteiger partial charge in [-0.2, -0.15) is 13.2 Å². The van der Waals surface area contributed by atoms with Crippen molar-refractivity contribution in [3.05, 3.63) is 30.1 Å². The van der Waals surface area contributed by atoms with Crippen LogP contribution in [0.5, 0.6) is 0 Å². The van der Waals surface area contributed by atoms with Crippen molar-refractivity contribution in [3.63, 3.8) is 0 Å². The molecule has 0 aliphatic carbocycles. The molecule has 2 aliphatic rings. The zero-order chi connectivity index (χ0) is 18.9. The van der Waals surface area contributed by atoms with E-state index in [1.807, 2.05) is 11.8 Å². The van der Waals surface area contributed by atoms with Crippen LogP contribution >= 0.6 is 0 Å². The van der Waals surface area contributed by atoms with E-state index < -0.39 is 18.2 Å². The highest BCUT2D eigenvalue weighted by Crippen LogP contribution is 2.36. The van der Waals surface area contributed by atoms with Crippen molar-refractivity contribution in [2.24, 2.45) is 0 Å². The summed E-state index contributed by atoms with van der Waals surface area (Å²) >= 11 is 0. The molecule has 2 aliphatic heterocycles. The van der Waals surface area contributed by atoms with Crippen molar-refractivity contribution in [1.82, 2.24) is 4.90 Å². The van der Waals surface area contributed by atoms with E-state index in [1.165, 1.54) is 12.1 Å². The first-order valence-corrected chi connectivity index (χ1v) is 8.69. The number of piperidine rings is 1. The number of ether oxygens (including phenoxy) is 1. The Morgan fingerprint density at radius 1 is 1.27 bits per heavy atom. The maximum atomic E-state index is 13.2. The van der Waals surface area contributed by atoms with Gasteiger partial charge in [-0.3, -0.25) is 4.79 Å². The standard InChI is InChI=1S/C18H22F4N2O2/c1-17-12-23(9-2-8-18(20,21)22)10-7-15(17)24(16(25)11-26-17)14-5-3-13(19)4-6-14/h3-6,15H,2,7-12H2,1H3/t15-,17-/m1/s1. The topological polar surface area (TPSA) is 32.8 Å². The van der Waals surface area contributed by atoms with E-state index in [2.05, 4.69) is 0 Å². The summed E-state index contributed by atoms with van der Waals surface area (Å²) in [5.41, 5.74) is -0.0554. The second-order valence-corrected chi connectivity index (χ2v) is 7.14. The van der Waals surface area contributed by atoms with E-state index >= 15 is 0 Å². The van der Waals surface area contributed by atoms with E-state index in [0.717, 1.165) is 0 Å². The second-order valence-electron chi connectivity index (χ2n) is 7.14. The maximum absolute atomic E-state index is 13.2. The van der Waals surface area contributed by atoms with Gasteiger partial charge in [0.25, 0.3) is 5.91 Å². The van der Waals surface area contributed by atoms with Gasteiger partial charge in [0.1, 0.15) is 12.4 Å². The van der Waals surface area contributed by atoms with Crippen molar-refractivity contribution >= 4 is 11.6 Å². The molecule has 0 unspecified atom stereocenters. The molecule has 3 rings (SSSR count). The molecule has 2 heterocycles. The van der Waals surface area contributed by atoms with Crippen molar-refractivity contribution < 1.29 is 27.1 Å². The Bertz CT molecular complexity index is 650. The number of carbonyl (C=O) groups excluding carboxylic acids is 1. The predicted molar refractivity (Wildman–Crippen MR) is 88.4 cm³/mol. The number of amides is 1. The molecular formula is C18H22F4N2O2. The maximum Gasteiger partial charge on any atom is 0.389 e. The van der Waals surface area contributed by atoms with Crippen LogP contribution in [-0.4, -0.2) is 54.9 Å². The molecule has 0 N–H and O–H groups in total. The molecule has 0 spiro atoms. The summed E-state index contributed by atoms with van der Waals surface area (Å²) in [4.78, 5) is 16.0. The van der Waals surface area contributed by atoms with Crippen molar-refractivity contribution in [2.45, 2.75) is 44.0 Å². The first kappa shape index (κ1) is 19.1. The molecule has 2 fully saturated rings. The molecule has 2 atom stereocenters. The largest absolute Gasteiger partial charge is 0.389 e. The van der Waals surface area contributed by atoms with Crippen LogP contribution in [0.3, 0.4) is 0 Å². The van der Waals surface area contributed by atoms with Gasteiger partial charge in [0.15, 0.2) is 0 Å². The third kappa shape index (κ3) is 4.17. The number of hydrogen-bond acceptors (Lipinski definition) is 3. The lowest BCUT2D eigenvalue weighted by molar-refractivity contribution is -0.153. The number of fused-ring (bicyclic) bond motifs is 1. The van der Waals surface area contributed by atoms with E-state index in [0.29, 0.717) is 31.7 Å². The Morgan fingerprint density at radius 2 is 1.96 bits per heavy atom. The van der Waals surface area contributed by atoms with Gasteiger partial charge in [0, 0.05) is 25.2 Å². The Morgan fingerprint density at radius 3 is 2.62 bits per heavy atom. The Labute approximate surface area is 149 Å². The van der Waals surface area contributed by atoms with Crippen molar-refractivity contribution in [3.8, 4) is 0 Å². The van der Waals surface area contributed by atoms with Crippen molar-refractivity contribution in [1.29, 1.82) is 0 Å². The normalized spacial score (nSPS) is 27.5. The summed E-state index contributed by atoms with van der Waals surface area (Å²) in [6.07, 6.45) is -4.31. The third-order valence-corrected chi connectivity index (χ3v) is 5.11. The van der Waals surface area contributed by atoms with Crippen LogP contribution in [0.4, 0.5) is 23.2 Å². The van der Waals surface area contributed by atoms with Crippen LogP contribution in [-0.2, 0) is 9.53 Å². The predicted octanol–water partition coefficient (Wildman–Crippen LogP) is 3.36. The van der Waals surface area contributed by atoms with Gasteiger partial charge >= 0.3 is 6.18 Å². The molecular weight excluding hydrogens is 352 g/mol. The van der Waals surface area contributed by atoms with Gasteiger partial charge in [-0.25, -0.2) is 4.39 Å². The number of benzene rings is 1. The highest BCUT2D eigenvalue weighted by molar-refractivity contribution is 5.96. The molecule has 1 aromatic carbocycles. The summed E-state index contributed by atoms with van der Waals surface area (Å²) in [7, 11) is 0. The number of morpholine rings is 1. The number of halogens is 4. The minimum absolute atomic E-state index is 0.0465. The molecule has 2 saturated heterocycles. The molecule has 0 aromatic heterocycles. The van der Waals surface area contributed by atoms with Gasteiger partial charge in [-0.15, -0.1) is 0 Å². The lowest BCUT2D eigenvalue weighted by Crippen LogP contribution is -2.68. The van der Waals surface area contributed by atoms with Crippen LogP contribution < -0.4 is 4.90 Å². The van der Waals surface area contributed by atoms with Crippen LogP contribution in [0.15, 0.2) is 24.3 Å². The zero-order valence-corrected chi connectivity index (χ0v) is 14.6. The van der Waals surface area contributed by atoms with Crippen LogP contribution in [0, 0.1) is 5.82 Å². The lowest BCUT2D eigenvalue weighted by atomic mass is 9.85. The summed E-state index contributed by atoms with van der Waals surface area (Å²) < 4.78 is 56.1. The van der Waals surface area contributed by atoms with E-state index in [4.69, 9.17) is 4.74 Å². The Kier molecular flexibility index (Phi) is 5.25. The van der Waals surface area contributed by atoms with Crippen LogP contribution in [0.2, 0.25) is 0 Å². The number of anilines is 1. The zero-order valence-electron chi connectivity index (χ0n) is 14.6. The minimum Gasteiger partial charge on any atom is -0.362 e. The fourth-order valence-electron chi connectivity index (χ4n) is 3.87. The molecule has 1 amide bonds. The quantitative estimate of drug-likeness (QED) is 0.758. The monoisotopic (exact) mass is 374 g/mol.